The number of hydrogen-bond acceptors (Lipinski definition) is 4. The fourth-order valence-electron chi connectivity index (χ4n) is 2.66. The first-order chi connectivity index (χ1) is 11.4. The first kappa shape index (κ1) is 21.0. The zero-order valence-corrected chi connectivity index (χ0v) is 15.5. The molecule has 2 unspecified atom stereocenters. The standard InChI is InChI=1S/C18H24N2O4.ClH/c1-4-9-20(11-17(21)22)13(3)18(23)19-12(2)16-10-14-7-5-6-8-15(14)24-16;/h5-8,10,12-13H,4,9,11H2,1-3H3,(H,19,23)(H,21,22);1H. The number of aliphatic carboxylic acids is 1. The van der Waals surface area contributed by atoms with Crippen molar-refractivity contribution in [2.45, 2.75) is 39.3 Å². The molecule has 0 radical (unpaired) electrons. The van der Waals surface area contributed by atoms with Crippen molar-refractivity contribution in [1.82, 2.24) is 10.2 Å². The lowest BCUT2D eigenvalue weighted by Gasteiger charge is -2.27. The summed E-state index contributed by atoms with van der Waals surface area (Å²) in [7, 11) is 0. The highest BCUT2D eigenvalue weighted by Crippen LogP contribution is 2.23. The predicted molar refractivity (Wildman–Crippen MR) is 99.0 cm³/mol. The molecular weight excluding hydrogens is 344 g/mol. The van der Waals surface area contributed by atoms with E-state index in [9.17, 15) is 9.59 Å². The number of halogens is 1. The molecule has 0 fully saturated rings. The van der Waals surface area contributed by atoms with Crippen molar-refractivity contribution >= 4 is 35.3 Å². The van der Waals surface area contributed by atoms with Gasteiger partial charge >= 0.3 is 5.97 Å². The largest absolute Gasteiger partial charge is 0.480 e. The summed E-state index contributed by atoms with van der Waals surface area (Å²) in [6, 6.07) is 8.76. The van der Waals surface area contributed by atoms with E-state index in [4.69, 9.17) is 9.52 Å². The average Bonchev–Trinajstić information content (AvgIpc) is 2.97. The lowest BCUT2D eigenvalue weighted by molar-refractivity contribution is -0.140. The number of para-hydroxylation sites is 1. The second-order valence-electron chi connectivity index (χ2n) is 5.96. The van der Waals surface area contributed by atoms with Crippen LogP contribution < -0.4 is 5.32 Å². The molecule has 2 atom stereocenters. The number of nitrogens with zero attached hydrogens (tertiary/aromatic N) is 1. The molecule has 25 heavy (non-hydrogen) atoms. The zero-order valence-electron chi connectivity index (χ0n) is 14.7. The molecule has 0 saturated carbocycles. The lowest BCUT2D eigenvalue weighted by atomic mass is 10.2. The van der Waals surface area contributed by atoms with E-state index in [1.165, 1.54) is 0 Å². The molecule has 138 valence electrons. The number of rotatable bonds is 8. The molecule has 2 rings (SSSR count). The minimum absolute atomic E-state index is 0. The number of carboxylic acids is 1. The summed E-state index contributed by atoms with van der Waals surface area (Å²) in [4.78, 5) is 25.1. The van der Waals surface area contributed by atoms with E-state index in [-0.39, 0.29) is 30.9 Å². The second kappa shape index (κ2) is 9.44. The monoisotopic (exact) mass is 368 g/mol. The van der Waals surface area contributed by atoms with Gasteiger partial charge in [0.15, 0.2) is 0 Å². The van der Waals surface area contributed by atoms with E-state index >= 15 is 0 Å². The molecule has 1 aromatic heterocycles. The molecule has 0 aliphatic heterocycles. The lowest BCUT2D eigenvalue weighted by Crippen LogP contribution is -2.47. The van der Waals surface area contributed by atoms with Crippen LogP contribution in [0.25, 0.3) is 11.0 Å². The third-order valence-electron chi connectivity index (χ3n) is 4.01. The summed E-state index contributed by atoms with van der Waals surface area (Å²) >= 11 is 0. The normalized spacial score (nSPS) is 13.3. The molecule has 1 heterocycles. The van der Waals surface area contributed by atoms with Crippen molar-refractivity contribution < 1.29 is 19.1 Å². The Morgan fingerprint density at radius 1 is 1.28 bits per heavy atom. The van der Waals surface area contributed by atoms with E-state index in [1.54, 1.807) is 11.8 Å². The Balaban J connectivity index is 0.00000312. The van der Waals surface area contributed by atoms with Crippen molar-refractivity contribution in [3.63, 3.8) is 0 Å². The van der Waals surface area contributed by atoms with E-state index < -0.39 is 12.0 Å². The molecule has 2 N–H and O–H groups in total. The van der Waals surface area contributed by atoms with Gasteiger partial charge in [0.1, 0.15) is 11.3 Å². The number of furan rings is 1. The summed E-state index contributed by atoms with van der Waals surface area (Å²) in [5.74, 6) is -0.469. The van der Waals surface area contributed by atoms with Crippen LogP contribution in [0, 0.1) is 0 Å². The molecule has 0 spiro atoms. The summed E-state index contributed by atoms with van der Waals surface area (Å²) in [5.41, 5.74) is 0.778. The number of carboxylic acid groups (broad SMARTS) is 1. The minimum atomic E-state index is -0.937. The van der Waals surface area contributed by atoms with Crippen LogP contribution in [0.1, 0.15) is 39.0 Å². The smallest absolute Gasteiger partial charge is 0.317 e. The molecule has 1 aromatic carbocycles. The van der Waals surface area contributed by atoms with Crippen molar-refractivity contribution in [3.8, 4) is 0 Å². The van der Waals surface area contributed by atoms with Crippen molar-refractivity contribution in [3.05, 3.63) is 36.1 Å². The van der Waals surface area contributed by atoms with Gasteiger partial charge in [0.05, 0.1) is 18.6 Å². The number of nitrogens with one attached hydrogen (secondary N) is 1. The number of carbonyl (C=O) groups is 2. The quantitative estimate of drug-likeness (QED) is 0.747. The molecule has 0 bridgehead atoms. The molecule has 1 amide bonds. The van der Waals surface area contributed by atoms with Crippen LogP contribution in [0.3, 0.4) is 0 Å². The topological polar surface area (TPSA) is 82.8 Å². The Morgan fingerprint density at radius 3 is 2.56 bits per heavy atom. The predicted octanol–water partition coefficient (Wildman–Crippen LogP) is 3.22. The summed E-state index contributed by atoms with van der Waals surface area (Å²) in [5, 5.41) is 12.9. The Kier molecular flexibility index (Phi) is 7.93. The van der Waals surface area contributed by atoms with Gasteiger partial charge in [0.2, 0.25) is 5.91 Å². The van der Waals surface area contributed by atoms with Gasteiger partial charge in [-0.2, -0.15) is 0 Å². The van der Waals surface area contributed by atoms with Gasteiger partial charge in [0.25, 0.3) is 0 Å². The summed E-state index contributed by atoms with van der Waals surface area (Å²) in [6.45, 7) is 5.93. The van der Waals surface area contributed by atoms with Crippen LogP contribution >= 0.6 is 12.4 Å². The highest BCUT2D eigenvalue weighted by Gasteiger charge is 2.24. The van der Waals surface area contributed by atoms with Crippen LogP contribution in [0.15, 0.2) is 34.7 Å². The fraction of sp³-hybridized carbons (Fsp3) is 0.444. The SMILES string of the molecule is CCCN(CC(=O)O)C(C)C(=O)NC(C)c1cc2ccccc2o1.Cl. The van der Waals surface area contributed by atoms with Gasteiger partial charge in [-0.1, -0.05) is 25.1 Å². The summed E-state index contributed by atoms with van der Waals surface area (Å²) < 4.78 is 5.76. The summed E-state index contributed by atoms with van der Waals surface area (Å²) in [6.07, 6.45) is 0.782. The Morgan fingerprint density at radius 2 is 1.96 bits per heavy atom. The van der Waals surface area contributed by atoms with Crippen molar-refractivity contribution in [2.24, 2.45) is 0 Å². The number of fused-ring (bicyclic) bond motifs is 1. The first-order valence-electron chi connectivity index (χ1n) is 8.17. The second-order valence-corrected chi connectivity index (χ2v) is 5.96. The van der Waals surface area contributed by atoms with Gasteiger partial charge in [-0.3, -0.25) is 14.5 Å². The maximum absolute atomic E-state index is 12.5. The molecule has 6 nitrogen and oxygen atoms in total. The van der Waals surface area contributed by atoms with Gasteiger partial charge in [-0.15, -0.1) is 12.4 Å². The van der Waals surface area contributed by atoms with E-state index in [0.29, 0.717) is 12.3 Å². The van der Waals surface area contributed by atoms with Crippen LogP contribution in [-0.2, 0) is 9.59 Å². The Labute approximate surface area is 153 Å². The van der Waals surface area contributed by atoms with Crippen LogP contribution in [0.2, 0.25) is 0 Å². The maximum Gasteiger partial charge on any atom is 0.317 e. The molecule has 2 aromatic rings. The number of amides is 1. The molecule has 0 saturated heterocycles. The first-order valence-corrected chi connectivity index (χ1v) is 8.17. The van der Waals surface area contributed by atoms with Crippen LogP contribution in [0.5, 0.6) is 0 Å². The van der Waals surface area contributed by atoms with E-state index in [2.05, 4.69) is 5.32 Å². The van der Waals surface area contributed by atoms with Gasteiger partial charge < -0.3 is 14.8 Å². The van der Waals surface area contributed by atoms with Gasteiger partial charge in [-0.25, -0.2) is 0 Å². The average molecular weight is 369 g/mol. The van der Waals surface area contributed by atoms with Crippen molar-refractivity contribution in [2.75, 3.05) is 13.1 Å². The maximum atomic E-state index is 12.5. The zero-order chi connectivity index (χ0) is 17.7. The molecular formula is C18H25ClN2O4. The van der Waals surface area contributed by atoms with E-state index in [0.717, 1.165) is 17.4 Å². The molecule has 7 heteroatoms. The van der Waals surface area contributed by atoms with Gasteiger partial charge in [0, 0.05) is 5.39 Å². The molecule has 0 aliphatic rings. The number of hydrogen-bond donors (Lipinski definition) is 2. The highest BCUT2D eigenvalue weighted by atomic mass is 35.5. The third-order valence-corrected chi connectivity index (χ3v) is 4.01. The number of carbonyl (C=O) groups excluding carboxylic acids is 1. The van der Waals surface area contributed by atoms with Crippen molar-refractivity contribution in [1.29, 1.82) is 0 Å². The fourth-order valence-corrected chi connectivity index (χ4v) is 2.66. The van der Waals surface area contributed by atoms with Crippen LogP contribution in [0.4, 0.5) is 0 Å². The van der Waals surface area contributed by atoms with Crippen LogP contribution in [-0.4, -0.2) is 41.0 Å². The Bertz CT molecular complexity index is 683. The Hall–Kier alpha value is -2.05. The number of benzene rings is 1. The minimum Gasteiger partial charge on any atom is -0.480 e. The molecule has 0 aliphatic carbocycles. The third kappa shape index (κ3) is 5.47. The highest BCUT2D eigenvalue weighted by molar-refractivity contribution is 5.85. The van der Waals surface area contributed by atoms with Gasteiger partial charge in [-0.05, 0) is 38.9 Å². The van der Waals surface area contributed by atoms with E-state index in [1.807, 2.05) is 44.2 Å².